The Morgan fingerprint density at radius 1 is 0.554 bits per heavy atom. The molecule has 1 rings (SSSR count). The first-order valence-electron chi connectivity index (χ1n) is 21.9. The number of carbonyl (C=O) groups excluding carboxylic acids is 2. The van der Waals surface area contributed by atoms with Crippen LogP contribution in [0.15, 0.2) is 60.8 Å². The van der Waals surface area contributed by atoms with Crippen molar-refractivity contribution < 1.29 is 49.0 Å². The van der Waals surface area contributed by atoms with Crippen LogP contribution in [0.2, 0.25) is 0 Å². The lowest BCUT2D eigenvalue weighted by atomic mass is 9.99. The van der Waals surface area contributed by atoms with Crippen molar-refractivity contribution in [1.29, 1.82) is 0 Å². The van der Waals surface area contributed by atoms with Gasteiger partial charge in [0.1, 0.15) is 31.0 Å². The zero-order chi connectivity index (χ0) is 40.9. The highest BCUT2D eigenvalue weighted by Crippen LogP contribution is 2.22. The summed E-state index contributed by atoms with van der Waals surface area (Å²) in [7, 11) is 0. The Morgan fingerprint density at radius 3 is 1.57 bits per heavy atom. The minimum absolute atomic E-state index is 0.151. The van der Waals surface area contributed by atoms with Gasteiger partial charge in [0.25, 0.3) is 0 Å². The standard InChI is InChI=1S/C46H78O10/c1-3-5-7-9-11-13-15-17-18-19-20-21-22-23-25-26-28-30-32-34-41(48)53-37-39(38-54-46-45(52)44(51)43(50)40(36-47)56-46)55-42(49)35-33-31-29-27-24-16-14-12-10-8-6-4-2/h11,13,17-18,20-21,23,25,28,30,39-40,43-47,50-52H,3-10,12,14-16,19,22,24,26-27,29,31-38H2,1-2H3/b13-11+,18-17+,21-20+,25-23+,30-28+/t39-,40-,43+,44?,45?,46-/m0/s1. The largest absolute Gasteiger partial charge is 0.462 e. The summed E-state index contributed by atoms with van der Waals surface area (Å²) in [6.45, 7) is 3.30. The maximum Gasteiger partial charge on any atom is 0.306 e. The van der Waals surface area contributed by atoms with Gasteiger partial charge in [-0.05, 0) is 51.4 Å². The van der Waals surface area contributed by atoms with E-state index in [9.17, 15) is 30.0 Å². The Balaban J connectivity index is 2.40. The van der Waals surface area contributed by atoms with Crippen LogP contribution in [0.4, 0.5) is 0 Å². The molecule has 4 N–H and O–H groups in total. The molecule has 0 saturated carbocycles. The number of rotatable bonds is 35. The molecule has 322 valence electrons. The molecular weight excluding hydrogens is 712 g/mol. The van der Waals surface area contributed by atoms with Gasteiger partial charge in [-0.2, -0.15) is 0 Å². The van der Waals surface area contributed by atoms with Crippen molar-refractivity contribution in [2.75, 3.05) is 19.8 Å². The Morgan fingerprint density at radius 2 is 1.04 bits per heavy atom. The number of ether oxygens (including phenoxy) is 4. The third-order valence-electron chi connectivity index (χ3n) is 9.67. The highest BCUT2D eigenvalue weighted by Gasteiger charge is 2.44. The number of unbranched alkanes of at least 4 members (excludes halogenated alkanes) is 14. The fourth-order valence-electron chi connectivity index (χ4n) is 6.17. The Bertz CT molecular complexity index is 1100. The lowest BCUT2D eigenvalue weighted by molar-refractivity contribution is -0.305. The fourth-order valence-corrected chi connectivity index (χ4v) is 6.17. The van der Waals surface area contributed by atoms with E-state index in [1.807, 2.05) is 12.2 Å². The van der Waals surface area contributed by atoms with E-state index in [1.54, 1.807) is 0 Å². The number of carbonyl (C=O) groups is 2. The summed E-state index contributed by atoms with van der Waals surface area (Å²) in [5, 5.41) is 40.0. The predicted molar refractivity (Wildman–Crippen MR) is 224 cm³/mol. The normalized spacial score (nSPS) is 21.0. The second kappa shape index (κ2) is 36.7. The number of hydrogen-bond acceptors (Lipinski definition) is 10. The van der Waals surface area contributed by atoms with Crippen molar-refractivity contribution in [3.8, 4) is 0 Å². The van der Waals surface area contributed by atoms with E-state index in [-0.39, 0.29) is 26.1 Å². The van der Waals surface area contributed by atoms with Gasteiger partial charge >= 0.3 is 11.9 Å². The molecule has 10 heteroatoms. The van der Waals surface area contributed by atoms with E-state index < -0.39 is 55.4 Å². The van der Waals surface area contributed by atoms with Crippen LogP contribution in [0.1, 0.15) is 162 Å². The van der Waals surface area contributed by atoms with Crippen molar-refractivity contribution in [3.05, 3.63) is 60.8 Å². The van der Waals surface area contributed by atoms with Crippen LogP contribution in [0.5, 0.6) is 0 Å². The zero-order valence-electron chi connectivity index (χ0n) is 34.9. The van der Waals surface area contributed by atoms with Gasteiger partial charge in [0.15, 0.2) is 12.4 Å². The van der Waals surface area contributed by atoms with Crippen LogP contribution in [0.3, 0.4) is 0 Å². The Kier molecular flexibility index (Phi) is 33.7. The second-order valence-corrected chi connectivity index (χ2v) is 14.8. The summed E-state index contributed by atoms with van der Waals surface area (Å²) in [6, 6.07) is 0. The van der Waals surface area contributed by atoms with Crippen molar-refractivity contribution in [3.63, 3.8) is 0 Å². The summed E-state index contributed by atoms with van der Waals surface area (Å²) in [5.41, 5.74) is 0. The van der Waals surface area contributed by atoms with Gasteiger partial charge < -0.3 is 39.4 Å². The molecule has 0 aromatic carbocycles. The highest BCUT2D eigenvalue weighted by molar-refractivity contribution is 5.70. The van der Waals surface area contributed by atoms with Crippen LogP contribution in [-0.4, -0.2) is 89.0 Å². The van der Waals surface area contributed by atoms with Crippen molar-refractivity contribution >= 4 is 11.9 Å². The second-order valence-electron chi connectivity index (χ2n) is 14.8. The zero-order valence-corrected chi connectivity index (χ0v) is 34.9. The van der Waals surface area contributed by atoms with E-state index in [2.05, 4.69) is 62.5 Å². The Hall–Kier alpha value is -2.60. The van der Waals surface area contributed by atoms with Gasteiger partial charge in [-0.3, -0.25) is 9.59 Å². The van der Waals surface area contributed by atoms with Crippen LogP contribution >= 0.6 is 0 Å². The molecule has 1 saturated heterocycles. The first kappa shape index (κ1) is 51.4. The monoisotopic (exact) mass is 791 g/mol. The van der Waals surface area contributed by atoms with Gasteiger partial charge in [0, 0.05) is 12.8 Å². The number of hydrogen-bond donors (Lipinski definition) is 4. The molecule has 1 aliphatic rings. The molecule has 0 aromatic rings. The number of aliphatic hydroxyl groups excluding tert-OH is 4. The number of esters is 2. The molecule has 0 aromatic heterocycles. The summed E-state index contributed by atoms with van der Waals surface area (Å²) >= 11 is 0. The van der Waals surface area contributed by atoms with Crippen LogP contribution in [0, 0.1) is 0 Å². The fraction of sp³-hybridized carbons (Fsp3) is 0.739. The number of allylic oxidation sites excluding steroid dienone is 10. The third kappa shape index (κ3) is 27.9. The predicted octanol–water partition coefficient (Wildman–Crippen LogP) is 9.05. The van der Waals surface area contributed by atoms with Gasteiger partial charge in [-0.1, -0.05) is 158 Å². The maximum absolute atomic E-state index is 12.7. The van der Waals surface area contributed by atoms with Gasteiger partial charge in [-0.15, -0.1) is 0 Å². The van der Waals surface area contributed by atoms with Crippen molar-refractivity contribution in [2.24, 2.45) is 0 Å². The topological polar surface area (TPSA) is 152 Å². The van der Waals surface area contributed by atoms with E-state index in [1.165, 1.54) is 77.0 Å². The lowest BCUT2D eigenvalue weighted by Crippen LogP contribution is -2.59. The lowest BCUT2D eigenvalue weighted by Gasteiger charge is -2.39. The molecular formula is C46H78O10. The molecule has 0 aliphatic carbocycles. The van der Waals surface area contributed by atoms with Gasteiger partial charge in [0.2, 0.25) is 0 Å². The average molecular weight is 791 g/mol. The van der Waals surface area contributed by atoms with E-state index in [4.69, 9.17) is 18.9 Å². The van der Waals surface area contributed by atoms with Crippen molar-refractivity contribution in [1.82, 2.24) is 0 Å². The number of aliphatic hydroxyl groups is 4. The summed E-state index contributed by atoms with van der Waals surface area (Å²) in [5.74, 6) is -0.905. The molecule has 0 amide bonds. The van der Waals surface area contributed by atoms with Gasteiger partial charge in [-0.25, -0.2) is 0 Å². The van der Waals surface area contributed by atoms with E-state index in [0.29, 0.717) is 12.8 Å². The molecule has 1 aliphatic heterocycles. The molecule has 0 radical (unpaired) electrons. The highest BCUT2D eigenvalue weighted by atomic mass is 16.7. The van der Waals surface area contributed by atoms with Crippen LogP contribution in [-0.2, 0) is 28.5 Å². The summed E-state index contributed by atoms with van der Waals surface area (Å²) in [4.78, 5) is 25.2. The summed E-state index contributed by atoms with van der Waals surface area (Å²) in [6.07, 6.45) is 36.7. The maximum atomic E-state index is 12.7. The van der Waals surface area contributed by atoms with Crippen molar-refractivity contribution in [2.45, 2.75) is 198 Å². The first-order valence-corrected chi connectivity index (χ1v) is 21.9. The molecule has 0 spiro atoms. The first-order chi connectivity index (χ1) is 27.3. The molecule has 1 fully saturated rings. The molecule has 56 heavy (non-hydrogen) atoms. The molecule has 0 bridgehead atoms. The minimum atomic E-state index is -1.61. The Labute approximate surface area is 339 Å². The smallest absolute Gasteiger partial charge is 0.306 e. The summed E-state index contributed by atoms with van der Waals surface area (Å²) < 4.78 is 22.0. The quantitative estimate of drug-likeness (QED) is 0.0278. The molecule has 6 atom stereocenters. The van der Waals surface area contributed by atoms with E-state index >= 15 is 0 Å². The molecule has 1 heterocycles. The average Bonchev–Trinajstić information content (AvgIpc) is 3.19. The van der Waals surface area contributed by atoms with Crippen LogP contribution in [0.25, 0.3) is 0 Å². The molecule has 2 unspecified atom stereocenters. The third-order valence-corrected chi connectivity index (χ3v) is 9.67. The van der Waals surface area contributed by atoms with Crippen LogP contribution < -0.4 is 0 Å². The molecule has 10 nitrogen and oxygen atoms in total. The van der Waals surface area contributed by atoms with Gasteiger partial charge in [0.05, 0.1) is 13.2 Å². The minimum Gasteiger partial charge on any atom is -0.462 e. The SMILES string of the molecule is CCCCC/C=C/C/C=C/C/C=C/C/C=C/C/C=C/CCC(=O)OC[C@@H](CO[C@H]1O[C@@H](CO)[C@@H](O)C(O)C1O)OC(=O)CCCCCCCCCCCCCC. The van der Waals surface area contributed by atoms with E-state index in [0.717, 1.165) is 44.9 Å².